The van der Waals surface area contributed by atoms with E-state index in [1.54, 1.807) is 17.0 Å². The van der Waals surface area contributed by atoms with Crippen LogP contribution in [0.25, 0.3) is 0 Å². The highest BCUT2D eigenvalue weighted by Crippen LogP contribution is 2.29. The zero-order valence-corrected chi connectivity index (χ0v) is 12.6. The van der Waals surface area contributed by atoms with E-state index in [4.69, 9.17) is 11.5 Å². The van der Waals surface area contributed by atoms with Crippen molar-refractivity contribution in [2.24, 2.45) is 5.73 Å². The number of carbonyl (C=O) groups is 1. The van der Waals surface area contributed by atoms with Crippen LogP contribution in [0.2, 0.25) is 0 Å². The Balaban J connectivity index is 3.23. The number of sulfone groups is 1. The number of unbranched alkanes of at least 4 members (excludes halogenated alkanes) is 1. The first kappa shape index (κ1) is 16.3. The highest BCUT2D eigenvalue weighted by Gasteiger charge is 2.18. The Morgan fingerprint density at radius 2 is 2.00 bits per heavy atom. The lowest BCUT2D eigenvalue weighted by Gasteiger charge is -2.25. The lowest BCUT2D eigenvalue weighted by Crippen LogP contribution is -2.35. The molecule has 0 fully saturated rings. The van der Waals surface area contributed by atoms with E-state index in [9.17, 15) is 13.2 Å². The summed E-state index contributed by atoms with van der Waals surface area (Å²) in [6.07, 6.45) is 2.91. The minimum atomic E-state index is -3.41. The van der Waals surface area contributed by atoms with Crippen LogP contribution in [0.15, 0.2) is 23.1 Å². The van der Waals surface area contributed by atoms with Gasteiger partial charge in [0, 0.05) is 12.8 Å². The van der Waals surface area contributed by atoms with Crippen molar-refractivity contribution in [2.75, 3.05) is 30.0 Å². The van der Waals surface area contributed by atoms with Crippen LogP contribution in [-0.2, 0) is 14.6 Å². The summed E-state index contributed by atoms with van der Waals surface area (Å²) in [5.41, 5.74) is 11.9. The van der Waals surface area contributed by atoms with Crippen LogP contribution in [-0.4, -0.2) is 33.7 Å². The van der Waals surface area contributed by atoms with Gasteiger partial charge in [0.1, 0.15) is 0 Å². The van der Waals surface area contributed by atoms with E-state index in [0.717, 1.165) is 19.1 Å². The van der Waals surface area contributed by atoms with E-state index in [0.29, 0.717) is 12.2 Å². The summed E-state index contributed by atoms with van der Waals surface area (Å²) >= 11 is 0. The maximum atomic E-state index is 11.7. The second kappa shape index (κ2) is 6.60. The van der Waals surface area contributed by atoms with Crippen molar-refractivity contribution in [2.45, 2.75) is 24.7 Å². The van der Waals surface area contributed by atoms with Gasteiger partial charge in [0.25, 0.3) is 0 Å². The summed E-state index contributed by atoms with van der Waals surface area (Å²) in [6.45, 7) is 2.63. The van der Waals surface area contributed by atoms with Crippen LogP contribution in [0.1, 0.15) is 19.8 Å². The number of nitrogens with zero attached hydrogens (tertiary/aromatic N) is 1. The minimum absolute atomic E-state index is 0.0113. The quantitative estimate of drug-likeness (QED) is 0.723. The Morgan fingerprint density at radius 3 is 2.50 bits per heavy atom. The number of para-hydroxylation sites is 1. The molecule has 0 saturated carbocycles. The van der Waals surface area contributed by atoms with E-state index < -0.39 is 15.7 Å². The fraction of sp³-hybridized carbons (Fsp3) is 0.462. The third-order valence-electron chi connectivity index (χ3n) is 2.91. The molecule has 6 nitrogen and oxygen atoms in total. The van der Waals surface area contributed by atoms with Gasteiger partial charge >= 0.3 is 0 Å². The third kappa shape index (κ3) is 4.12. The van der Waals surface area contributed by atoms with Gasteiger partial charge in [-0.2, -0.15) is 0 Å². The molecular formula is C13H21N3O3S. The Hall–Kier alpha value is -1.76. The number of primary amides is 1. The lowest BCUT2D eigenvalue weighted by molar-refractivity contribution is -0.116. The number of nitrogen functional groups attached to an aromatic ring is 1. The number of hydrogen-bond donors (Lipinski definition) is 2. The zero-order valence-electron chi connectivity index (χ0n) is 11.8. The van der Waals surface area contributed by atoms with E-state index in [1.807, 2.05) is 6.92 Å². The normalized spacial score (nSPS) is 11.3. The van der Waals surface area contributed by atoms with Crippen LogP contribution in [0.5, 0.6) is 0 Å². The lowest BCUT2D eigenvalue weighted by atomic mass is 10.2. The van der Waals surface area contributed by atoms with E-state index >= 15 is 0 Å². The number of hydrogen-bond acceptors (Lipinski definition) is 5. The summed E-state index contributed by atoms with van der Waals surface area (Å²) in [5.74, 6) is -0.481. The molecule has 0 aliphatic carbocycles. The monoisotopic (exact) mass is 299 g/mol. The van der Waals surface area contributed by atoms with Crippen LogP contribution in [0.3, 0.4) is 0 Å². The molecule has 0 saturated heterocycles. The van der Waals surface area contributed by atoms with Crippen LogP contribution < -0.4 is 16.4 Å². The molecule has 0 aromatic heterocycles. The standard InChI is InChI=1S/C13H21N3O3S/c1-3-4-8-16(9-12(14)17)10-6-5-7-11(13(10)15)20(2,18)19/h5-7H,3-4,8-9,15H2,1-2H3,(H2,14,17). The predicted octanol–water partition coefficient (Wildman–Crippen LogP) is 0.764. The van der Waals surface area contributed by atoms with E-state index in [1.165, 1.54) is 6.07 Å². The summed E-state index contributed by atoms with van der Waals surface area (Å²) in [5, 5.41) is 0. The Kier molecular flexibility index (Phi) is 5.38. The average Bonchev–Trinajstić information content (AvgIpc) is 2.33. The molecule has 4 N–H and O–H groups in total. The summed E-state index contributed by atoms with van der Waals surface area (Å²) < 4.78 is 23.3. The molecular weight excluding hydrogens is 278 g/mol. The first-order valence-electron chi connectivity index (χ1n) is 6.39. The van der Waals surface area contributed by atoms with Gasteiger partial charge in [-0.15, -0.1) is 0 Å². The van der Waals surface area contributed by atoms with Crippen molar-refractivity contribution in [3.63, 3.8) is 0 Å². The third-order valence-corrected chi connectivity index (χ3v) is 4.07. The van der Waals surface area contributed by atoms with Crippen molar-refractivity contribution in [1.29, 1.82) is 0 Å². The van der Waals surface area contributed by atoms with Gasteiger partial charge in [-0.05, 0) is 18.6 Å². The smallest absolute Gasteiger partial charge is 0.236 e. The van der Waals surface area contributed by atoms with Crippen molar-refractivity contribution in [3.05, 3.63) is 18.2 Å². The average molecular weight is 299 g/mol. The molecule has 112 valence electrons. The minimum Gasteiger partial charge on any atom is -0.396 e. The second-order valence-corrected chi connectivity index (χ2v) is 6.69. The summed E-state index contributed by atoms with van der Waals surface area (Å²) in [6, 6.07) is 4.76. The Bertz CT molecular complexity index is 585. The number of benzene rings is 1. The number of rotatable bonds is 7. The number of anilines is 2. The highest BCUT2D eigenvalue weighted by molar-refractivity contribution is 7.90. The zero-order chi connectivity index (χ0) is 15.3. The maximum Gasteiger partial charge on any atom is 0.236 e. The van der Waals surface area contributed by atoms with Gasteiger partial charge in [0.15, 0.2) is 9.84 Å². The Morgan fingerprint density at radius 1 is 1.35 bits per heavy atom. The van der Waals surface area contributed by atoms with Crippen LogP contribution in [0.4, 0.5) is 11.4 Å². The number of carbonyl (C=O) groups excluding carboxylic acids is 1. The number of nitrogens with two attached hydrogens (primary N) is 2. The van der Waals surface area contributed by atoms with Crippen molar-refractivity contribution in [1.82, 2.24) is 0 Å². The van der Waals surface area contributed by atoms with Crippen molar-refractivity contribution < 1.29 is 13.2 Å². The van der Waals surface area contributed by atoms with Gasteiger partial charge in [-0.3, -0.25) is 4.79 Å². The first-order valence-corrected chi connectivity index (χ1v) is 8.28. The van der Waals surface area contributed by atoms with Gasteiger partial charge in [0.2, 0.25) is 5.91 Å². The molecule has 20 heavy (non-hydrogen) atoms. The first-order chi connectivity index (χ1) is 9.27. The predicted molar refractivity (Wildman–Crippen MR) is 80.3 cm³/mol. The van der Waals surface area contributed by atoms with Gasteiger partial charge in [-0.1, -0.05) is 19.4 Å². The van der Waals surface area contributed by atoms with Gasteiger partial charge in [-0.25, -0.2) is 8.42 Å². The van der Waals surface area contributed by atoms with Gasteiger partial charge < -0.3 is 16.4 Å². The van der Waals surface area contributed by atoms with Crippen LogP contribution >= 0.6 is 0 Å². The fourth-order valence-electron chi connectivity index (χ4n) is 1.95. The van der Waals surface area contributed by atoms with Gasteiger partial charge in [0.05, 0.1) is 22.8 Å². The fourth-order valence-corrected chi connectivity index (χ4v) is 2.78. The van der Waals surface area contributed by atoms with Crippen molar-refractivity contribution >= 4 is 27.1 Å². The molecule has 0 bridgehead atoms. The largest absolute Gasteiger partial charge is 0.396 e. The molecule has 0 unspecified atom stereocenters. The maximum absolute atomic E-state index is 11.7. The molecule has 1 rings (SSSR count). The molecule has 0 aliphatic heterocycles. The molecule has 0 aliphatic rings. The second-order valence-electron chi connectivity index (χ2n) is 4.70. The molecule has 0 spiro atoms. The topological polar surface area (TPSA) is 106 Å². The number of amides is 1. The molecule has 1 amide bonds. The summed E-state index contributed by atoms with van der Waals surface area (Å²) in [4.78, 5) is 12.9. The van der Waals surface area contributed by atoms with E-state index in [2.05, 4.69) is 0 Å². The molecule has 1 aromatic carbocycles. The molecule has 1 aromatic rings. The molecule has 7 heteroatoms. The molecule has 0 radical (unpaired) electrons. The van der Waals surface area contributed by atoms with E-state index in [-0.39, 0.29) is 17.1 Å². The highest BCUT2D eigenvalue weighted by atomic mass is 32.2. The Labute approximate surface area is 119 Å². The van der Waals surface area contributed by atoms with Crippen molar-refractivity contribution in [3.8, 4) is 0 Å². The molecule has 0 atom stereocenters. The van der Waals surface area contributed by atoms with Crippen LogP contribution in [0, 0.1) is 0 Å². The SMILES string of the molecule is CCCCN(CC(N)=O)c1cccc(S(C)(=O)=O)c1N. The summed E-state index contributed by atoms with van der Waals surface area (Å²) in [7, 11) is -3.41. The molecule has 0 heterocycles.